The van der Waals surface area contributed by atoms with E-state index in [1.807, 2.05) is 0 Å². The van der Waals surface area contributed by atoms with Gasteiger partial charge in [0.15, 0.2) is 0 Å². The zero-order valence-electron chi connectivity index (χ0n) is 13.2. The Bertz CT molecular complexity index is 404. The van der Waals surface area contributed by atoms with Crippen LogP contribution in [-0.4, -0.2) is 6.04 Å². The summed E-state index contributed by atoms with van der Waals surface area (Å²) in [5.74, 6) is 0.839. The SMILES string of the molecule is Cc1ccc([C@H](C)NC2CC(C)CC(C)(C)C2)cc1. The maximum Gasteiger partial charge on any atom is 0.0294 e. The molecule has 0 heterocycles. The van der Waals surface area contributed by atoms with Crippen LogP contribution in [0, 0.1) is 18.3 Å². The average Bonchev–Trinajstić information content (AvgIpc) is 2.26. The van der Waals surface area contributed by atoms with Crippen LogP contribution < -0.4 is 5.32 Å². The molecule has 0 bridgehead atoms. The lowest BCUT2D eigenvalue weighted by Crippen LogP contribution is -2.41. The first kappa shape index (κ1) is 14.6. The third kappa shape index (κ3) is 4.07. The summed E-state index contributed by atoms with van der Waals surface area (Å²) in [4.78, 5) is 0. The van der Waals surface area contributed by atoms with E-state index in [0.717, 1.165) is 5.92 Å². The topological polar surface area (TPSA) is 12.0 Å². The summed E-state index contributed by atoms with van der Waals surface area (Å²) in [6.07, 6.45) is 3.98. The van der Waals surface area contributed by atoms with E-state index in [0.29, 0.717) is 17.5 Å². The summed E-state index contributed by atoms with van der Waals surface area (Å²) >= 11 is 0. The van der Waals surface area contributed by atoms with Gasteiger partial charge in [-0.1, -0.05) is 50.6 Å². The van der Waals surface area contributed by atoms with Gasteiger partial charge in [-0.25, -0.2) is 0 Å². The van der Waals surface area contributed by atoms with Crippen molar-refractivity contribution in [2.24, 2.45) is 11.3 Å². The molecule has 0 aliphatic heterocycles. The normalized spacial score (nSPS) is 28.1. The molecule has 1 fully saturated rings. The summed E-state index contributed by atoms with van der Waals surface area (Å²) < 4.78 is 0. The van der Waals surface area contributed by atoms with Gasteiger partial charge in [0.05, 0.1) is 0 Å². The molecule has 2 unspecified atom stereocenters. The van der Waals surface area contributed by atoms with Gasteiger partial charge in [0.2, 0.25) is 0 Å². The van der Waals surface area contributed by atoms with Crippen molar-refractivity contribution in [1.29, 1.82) is 0 Å². The largest absolute Gasteiger partial charge is 0.307 e. The second-order valence-electron chi connectivity index (χ2n) is 7.41. The van der Waals surface area contributed by atoms with Crippen molar-refractivity contribution < 1.29 is 0 Å². The van der Waals surface area contributed by atoms with Crippen molar-refractivity contribution in [1.82, 2.24) is 5.32 Å². The molecule has 1 nitrogen and oxygen atoms in total. The Hall–Kier alpha value is -0.820. The molecule has 19 heavy (non-hydrogen) atoms. The molecule has 0 saturated heterocycles. The molecule has 0 radical (unpaired) electrons. The van der Waals surface area contributed by atoms with Gasteiger partial charge in [-0.05, 0) is 50.0 Å². The van der Waals surface area contributed by atoms with Gasteiger partial charge < -0.3 is 5.32 Å². The first-order chi connectivity index (χ1) is 8.85. The molecule has 106 valence electrons. The third-order valence-corrected chi connectivity index (χ3v) is 4.45. The van der Waals surface area contributed by atoms with Crippen molar-refractivity contribution in [3.63, 3.8) is 0 Å². The van der Waals surface area contributed by atoms with Crippen LogP contribution >= 0.6 is 0 Å². The lowest BCUT2D eigenvalue weighted by atomic mass is 9.70. The molecule has 1 aliphatic rings. The van der Waals surface area contributed by atoms with Crippen LogP contribution in [0.4, 0.5) is 0 Å². The van der Waals surface area contributed by atoms with Gasteiger partial charge in [-0.15, -0.1) is 0 Å². The number of rotatable bonds is 3. The van der Waals surface area contributed by atoms with Crippen molar-refractivity contribution in [3.05, 3.63) is 35.4 Å². The predicted molar refractivity (Wildman–Crippen MR) is 83.3 cm³/mol. The van der Waals surface area contributed by atoms with Crippen LogP contribution in [0.25, 0.3) is 0 Å². The molecule has 2 rings (SSSR count). The number of benzene rings is 1. The summed E-state index contributed by atoms with van der Waals surface area (Å²) in [5, 5.41) is 3.84. The number of nitrogens with one attached hydrogen (secondary N) is 1. The number of hydrogen-bond donors (Lipinski definition) is 1. The lowest BCUT2D eigenvalue weighted by molar-refractivity contribution is 0.145. The molecule has 1 aromatic carbocycles. The molecule has 1 heteroatoms. The Labute approximate surface area is 118 Å². The zero-order chi connectivity index (χ0) is 14.0. The van der Waals surface area contributed by atoms with E-state index in [2.05, 4.69) is 64.2 Å². The first-order valence-corrected chi connectivity index (χ1v) is 7.68. The molecule has 1 aliphatic carbocycles. The van der Waals surface area contributed by atoms with E-state index in [-0.39, 0.29) is 0 Å². The first-order valence-electron chi connectivity index (χ1n) is 7.68. The standard InChI is InChI=1S/C18H29N/c1-13-6-8-16(9-7-13)15(3)19-17-10-14(2)11-18(4,5)12-17/h6-9,14-15,17,19H,10-12H2,1-5H3/t14?,15-,17?/m0/s1. The molecule has 0 spiro atoms. The summed E-state index contributed by atoms with van der Waals surface area (Å²) in [6.45, 7) is 11.7. The zero-order valence-corrected chi connectivity index (χ0v) is 13.2. The molecule has 1 aromatic rings. The van der Waals surface area contributed by atoms with Gasteiger partial charge in [-0.2, -0.15) is 0 Å². The van der Waals surface area contributed by atoms with E-state index in [1.54, 1.807) is 0 Å². The predicted octanol–water partition coefficient (Wildman–Crippen LogP) is 4.86. The highest BCUT2D eigenvalue weighted by molar-refractivity contribution is 5.23. The van der Waals surface area contributed by atoms with E-state index >= 15 is 0 Å². The van der Waals surface area contributed by atoms with Gasteiger partial charge in [0.1, 0.15) is 0 Å². The third-order valence-electron chi connectivity index (χ3n) is 4.45. The quantitative estimate of drug-likeness (QED) is 0.817. The fourth-order valence-corrected chi connectivity index (χ4v) is 3.78. The highest BCUT2D eigenvalue weighted by Crippen LogP contribution is 2.39. The molecule has 1 N–H and O–H groups in total. The van der Waals surface area contributed by atoms with Crippen LogP contribution in [-0.2, 0) is 0 Å². The monoisotopic (exact) mass is 259 g/mol. The number of hydrogen-bond acceptors (Lipinski definition) is 1. The maximum atomic E-state index is 3.84. The highest BCUT2D eigenvalue weighted by Gasteiger charge is 2.32. The second kappa shape index (κ2) is 5.66. The molecule has 3 atom stereocenters. The second-order valence-corrected chi connectivity index (χ2v) is 7.41. The minimum atomic E-state index is 0.451. The van der Waals surface area contributed by atoms with Crippen LogP contribution in [0.3, 0.4) is 0 Å². The van der Waals surface area contributed by atoms with Crippen molar-refractivity contribution >= 4 is 0 Å². The van der Waals surface area contributed by atoms with Crippen molar-refractivity contribution in [3.8, 4) is 0 Å². The molecule has 0 amide bonds. The summed E-state index contributed by atoms with van der Waals surface area (Å²) in [7, 11) is 0. The minimum absolute atomic E-state index is 0.451. The minimum Gasteiger partial charge on any atom is -0.307 e. The Balaban J connectivity index is 1.98. The van der Waals surface area contributed by atoms with E-state index < -0.39 is 0 Å². The summed E-state index contributed by atoms with van der Waals surface area (Å²) in [6, 6.07) is 10.0. The van der Waals surface area contributed by atoms with E-state index in [9.17, 15) is 0 Å². The van der Waals surface area contributed by atoms with Gasteiger partial charge >= 0.3 is 0 Å². The van der Waals surface area contributed by atoms with Crippen LogP contribution in [0.15, 0.2) is 24.3 Å². The highest BCUT2D eigenvalue weighted by atomic mass is 14.9. The maximum absolute atomic E-state index is 3.84. The Morgan fingerprint density at radius 1 is 1.16 bits per heavy atom. The van der Waals surface area contributed by atoms with Crippen LogP contribution in [0.1, 0.15) is 64.1 Å². The smallest absolute Gasteiger partial charge is 0.0294 e. The fraction of sp³-hybridized carbons (Fsp3) is 0.667. The molecule has 0 aromatic heterocycles. The van der Waals surface area contributed by atoms with Gasteiger partial charge in [-0.3, -0.25) is 0 Å². The van der Waals surface area contributed by atoms with E-state index in [4.69, 9.17) is 0 Å². The van der Waals surface area contributed by atoms with Crippen LogP contribution in [0.5, 0.6) is 0 Å². The Kier molecular flexibility index (Phi) is 4.35. The molecular weight excluding hydrogens is 230 g/mol. The Morgan fingerprint density at radius 2 is 1.79 bits per heavy atom. The molecule has 1 saturated carbocycles. The van der Waals surface area contributed by atoms with E-state index in [1.165, 1.54) is 30.4 Å². The average molecular weight is 259 g/mol. The van der Waals surface area contributed by atoms with Crippen molar-refractivity contribution in [2.75, 3.05) is 0 Å². The fourth-order valence-electron chi connectivity index (χ4n) is 3.78. The Morgan fingerprint density at radius 3 is 2.37 bits per heavy atom. The van der Waals surface area contributed by atoms with Crippen LogP contribution in [0.2, 0.25) is 0 Å². The molecular formula is C18H29N. The van der Waals surface area contributed by atoms with Gasteiger partial charge in [0.25, 0.3) is 0 Å². The van der Waals surface area contributed by atoms with Crippen molar-refractivity contribution in [2.45, 2.75) is 66.0 Å². The van der Waals surface area contributed by atoms with Gasteiger partial charge in [0, 0.05) is 12.1 Å². The lowest BCUT2D eigenvalue weighted by Gasteiger charge is -2.40. The summed E-state index contributed by atoms with van der Waals surface area (Å²) in [5.41, 5.74) is 3.23. The number of aryl methyl sites for hydroxylation is 1.